The Bertz CT molecular complexity index is 262. The zero-order valence-electron chi connectivity index (χ0n) is 5.06. The molecule has 4 heteroatoms. The van der Waals surface area contributed by atoms with Crippen molar-refractivity contribution >= 4 is 46.6 Å². The number of aromatic nitrogens is 1. The molecule has 0 aliphatic heterocycles. The maximum absolute atomic E-state index is 5.68. The summed E-state index contributed by atoms with van der Waals surface area (Å²) in [7, 11) is 0. The fourth-order valence-electron chi connectivity index (χ4n) is 0.547. The van der Waals surface area contributed by atoms with E-state index in [0.717, 1.165) is 9.26 Å². The molecule has 0 amide bonds. The van der Waals surface area contributed by atoms with Crippen LogP contribution in [0.5, 0.6) is 0 Å². The number of nitrogens with one attached hydrogen (secondary N) is 1. The zero-order valence-corrected chi connectivity index (χ0v) is 7.98. The molecule has 2 nitrogen and oxygen atoms in total. The molecule has 0 spiro atoms. The molecule has 0 bridgehead atoms. The second-order valence-electron chi connectivity index (χ2n) is 1.67. The number of hydrogen-bond donors (Lipinski definition) is 1. The van der Waals surface area contributed by atoms with Gasteiger partial charge in [0, 0.05) is 15.8 Å². The van der Waals surface area contributed by atoms with Crippen LogP contribution >= 0.6 is 34.2 Å². The van der Waals surface area contributed by atoms with Crippen LogP contribution in [0.4, 0.5) is 5.69 Å². The van der Waals surface area contributed by atoms with E-state index < -0.39 is 0 Å². The first-order valence-electron chi connectivity index (χ1n) is 2.58. The van der Waals surface area contributed by atoms with Crippen molar-refractivity contribution in [3.05, 3.63) is 21.0 Å². The van der Waals surface area contributed by atoms with Gasteiger partial charge < -0.3 is 0 Å². The van der Waals surface area contributed by atoms with E-state index in [2.05, 4.69) is 39.3 Å². The van der Waals surface area contributed by atoms with E-state index in [0.29, 0.717) is 5.15 Å². The number of nitrogens with zero attached hydrogens (tertiary/aromatic N) is 1. The van der Waals surface area contributed by atoms with E-state index >= 15 is 0 Å². The number of pyridine rings is 1. The molecule has 1 aromatic rings. The van der Waals surface area contributed by atoms with Crippen molar-refractivity contribution in [2.45, 2.75) is 0 Å². The molecule has 0 radical (unpaired) electrons. The fraction of sp³-hybridized carbons (Fsp3) is 0. The van der Waals surface area contributed by atoms with Gasteiger partial charge in [-0.1, -0.05) is 11.6 Å². The average Bonchev–Trinajstić information content (AvgIpc) is 1.94. The summed E-state index contributed by atoms with van der Waals surface area (Å²) in [4.78, 5) is 6.59. The second kappa shape index (κ2) is 3.30. The molecule has 0 aromatic carbocycles. The Morgan fingerprint density at radius 2 is 2.40 bits per heavy atom. The predicted molar refractivity (Wildman–Crippen MR) is 49.7 cm³/mol. The van der Waals surface area contributed by atoms with E-state index in [4.69, 9.17) is 11.6 Å². The van der Waals surface area contributed by atoms with Gasteiger partial charge in [-0.2, -0.15) is 0 Å². The van der Waals surface area contributed by atoms with E-state index in [1.165, 1.54) is 0 Å². The monoisotopic (exact) mass is 267 g/mol. The molecule has 1 aromatic heterocycles. The van der Waals surface area contributed by atoms with Crippen LogP contribution in [0.15, 0.2) is 12.3 Å². The first-order chi connectivity index (χ1) is 4.74. The second-order valence-corrected chi connectivity index (χ2v) is 3.27. The molecular formula is C6H5ClIN2+. The lowest BCUT2D eigenvalue weighted by atomic mass is 10.4. The highest BCUT2D eigenvalue weighted by atomic mass is 127. The minimum atomic E-state index is 0.454. The van der Waals surface area contributed by atoms with Crippen molar-refractivity contribution in [2.24, 2.45) is 0 Å². The van der Waals surface area contributed by atoms with Crippen LogP contribution in [-0.2, 0) is 0 Å². The molecule has 0 aliphatic rings. The molecule has 52 valence electrons. The van der Waals surface area contributed by atoms with Crippen LogP contribution in [0.1, 0.15) is 0 Å². The molecule has 1 heterocycles. The van der Waals surface area contributed by atoms with E-state index in [1.807, 2.05) is 6.07 Å². The van der Waals surface area contributed by atoms with Gasteiger partial charge in [0.05, 0.1) is 0 Å². The van der Waals surface area contributed by atoms with Crippen molar-refractivity contribution in [1.29, 1.82) is 0 Å². The molecule has 0 fully saturated rings. The molecular weight excluding hydrogens is 262 g/mol. The molecule has 0 saturated heterocycles. The highest BCUT2D eigenvalue weighted by molar-refractivity contribution is 14.1. The van der Waals surface area contributed by atoms with E-state index in [9.17, 15) is 0 Å². The van der Waals surface area contributed by atoms with E-state index in [1.54, 1.807) is 6.20 Å². The Morgan fingerprint density at radius 3 is 2.90 bits per heavy atom. The van der Waals surface area contributed by atoms with Gasteiger partial charge in [0.25, 0.3) is 0 Å². The van der Waals surface area contributed by atoms with Gasteiger partial charge >= 0.3 is 0 Å². The van der Waals surface area contributed by atoms with Gasteiger partial charge in [-0.15, -0.1) is 0 Å². The van der Waals surface area contributed by atoms with Crippen LogP contribution in [0.25, 0.3) is 0 Å². The Hall–Kier alpha value is -0.160. The summed E-state index contributed by atoms with van der Waals surface area (Å²) in [5.74, 6) is 0. The molecule has 0 unspecified atom stereocenters. The molecule has 1 rings (SSSR count). The van der Waals surface area contributed by atoms with Crippen molar-refractivity contribution in [3.63, 3.8) is 0 Å². The van der Waals surface area contributed by atoms with Crippen molar-refractivity contribution < 1.29 is 4.99 Å². The number of halogens is 2. The van der Waals surface area contributed by atoms with Gasteiger partial charge in [-0.3, -0.25) is 0 Å². The third kappa shape index (κ3) is 1.67. The molecule has 0 saturated carbocycles. The standard InChI is InChI=1S/C6H4ClIN2/c1-9-5-2-4(8)3-10-6(5)7/h2-3H,1H2/p+1. The Kier molecular flexibility index (Phi) is 2.62. The highest BCUT2D eigenvalue weighted by Crippen LogP contribution is 2.15. The predicted octanol–water partition coefficient (Wildman–Crippen LogP) is 0.752. The summed E-state index contributed by atoms with van der Waals surface area (Å²) in [5, 5.41) is 0.454. The SMILES string of the molecule is C=[NH+]c1cc(I)cnc1Cl. The van der Waals surface area contributed by atoms with Crippen LogP contribution in [-0.4, -0.2) is 11.7 Å². The molecule has 1 N–H and O–H groups in total. The average molecular weight is 267 g/mol. The normalized spacial score (nSPS) is 9.40. The summed E-state index contributed by atoms with van der Waals surface area (Å²) in [5.41, 5.74) is 0.758. The maximum atomic E-state index is 5.68. The van der Waals surface area contributed by atoms with Gasteiger partial charge in [0.2, 0.25) is 10.8 Å². The van der Waals surface area contributed by atoms with Gasteiger partial charge in [-0.05, 0) is 22.6 Å². The van der Waals surface area contributed by atoms with Gasteiger partial charge in [0.1, 0.15) is 6.72 Å². The lowest BCUT2D eigenvalue weighted by Gasteiger charge is -1.90. The quantitative estimate of drug-likeness (QED) is 0.454. The zero-order chi connectivity index (χ0) is 7.56. The topological polar surface area (TPSA) is 26.9 Å². The Labute approximate surface area is 77.5 Å². The third-order valence-electron chi connectivity index (χ3n) is 0.996. The van der Waals surface area contributed by atoms with Gasteiger partial charge in [-0.25, -0.2) is 9.98 Å². The van der Waals surface area contributed by atoms with Crippen LogP contribution < -0.4 is 4.99 Å². The summed E-state index contributed by atoms with van der Waals surface area (Å²) < 4.78 is 1.04. The smallest absolute Gasteiger partial charge is 0.237 e. The molecule has 0 aliphatic carbocycles. The van der Waals surface area contributed by atoms with E-state index in [-0.39, 0.29) is 0 Å². The van der Waals surface area contributed by atoms with Crippen LogP contribution in [0.2, 0.25) is 5.15 Å². The summed E-state index contributed by atoms with van der Waals surface area (Å²) >= 11 is 7.84. The lowest BCUT2D eigenvalue weighted by molar-refractivity contribution is -0.342. The summed E-state index contributed by atoms with van der Waals surface area (Å²) in [6.07, 6.45) is 1.70. The summed E-state index contributed by atoms with van der Waals surface area (Å²) in [6.45, 7) is 3.48. The Balaban J connectivity index is 3.21. The van der Waals surface area contributed by atoms with Crippen molar-refractivity contribution in [1.82, 2.24) is 4.98 Å². The minimum Gasteiger partial charge on any atom is -0.237 e. The maximum Gasteiger partial charge on any atom is 0.241 e. The van der Waals surface area contributed by atoms with Crippen LogP contribution in [0, 0.1) is 3.57 Å². The number of rotatable bonds is 1. The lowest BCUT2D eigenvalue weighted by Crippen LogP contribution is -2.58. The number of hydrogen-bond acceptors (Lipinski definition) is 1. The van der Waals surface area contributed by atoms with Crippen molar-refractivity contribution in [2.75, 3.05) is 0 Å². The minimum absolute atomic E-state index is 0.454. The van der Waals surface area contributed by atoms with Crippen molar-refractivity contribution in [3.8, 4) is 0 Å². The van der Waals surface area contributed by atoms with Crippen LogP contribution in [0.3, 0.4) is 0 Å². The highest BCUT2D eigenvalue weighted by Gasteiger charge is 2.03. The summed E-state index contributed by atoms with van der Waals surface area (Å²) in [6, 6.07) is 1.88. The largest absolute Gasteiger partial charge is 0.241 e. The fourth-order valence-corrected chi connectivity index (χ4v) is 1.17. The Morgan fingerprint density at radius 1 is 1.70 bits per heavy atom. The first-order valence-corrected chi connectivity index (χ1v) is 4.04. The first kappa shape index (κ1) is 7.94. The third-order valence-corrected chi connectivity index (χ3v) is 1.89. The van der Waals surface area contributed by atoms with Gasteiger partial charge in [0.15, 0.2) is 0 Å². The molecule has 10 heavy (non-hydrogen) atoms. The molecule has 0 atom stereocenters.